The molecule has 0 bridgehead atoms. The van der Waals surface area contributed by atoms with Gasteiger partial charge in [-0.1, -0.05) is 12.1 Å². The second kappa shape index (κ2) is 6.23. The van der Waals surface area contributed by atoms with Gasteiger partial charge in [0.15, 0.2) is 17.8 Å². The van der Waals surface area contributed by atoms with Crippen molar-refractivity contribution in [3.05, 3.63) is 46.0 Å². The molecule has 0 saturated carbocycles. The molecule has 25 heavy (non-hydrogen) atoms. The highest BCUT2D eigenvalue weighted by Crippen LogP contribution is 2.51. The van der Waals surface area contributed by atoms with E-state index in [-0.39, 0.29) is 12.5 Å². The summed E-state index contributed by atoms with van der Waals surface area (Å²) in [7, 11) is 1.56. The maximum Gasteiger partial charge on any atom is 0.289 e. The first kappa shape index (κ1) is 15.7. The average molecular weight is 345 g/mol. The molecule has 2 aliphatic heterocycles. The Morgan fingerprint density at radius 1 is 1.16 bits per heavy atom. The van der Waals surface area contributed by atoms with Crippen molar-refractivity contribution in [1.29, 1.82) is 0 Å². The van der Waals surface area contributed by atoms with Crippen LogP contribution in [-0.4, -0.2) is 32.0 Å². The molecule has 8 nitrogen and oxygen atoms in total. The van der Waals surface area contributed by atoms with Gasteiger partial charge in [0.2, 0.25) is 6.79 Å². The molecule has 2 aromatic rings. The molecule has 2 aliphatic rings. The molecule has 0 aromatic heterocycles. The van der Waals surface area contributed by atoms with Crippen LogP contribution in [0.3, 0.4) is 0 Å². The summed E-state index contributed by atoms with van der Waals surface area (Å²) in [6.07, 6.45) is -0.799. The van der Waals surface area contributed by atoms with Crippen molar-refractivity contribution in [3.8, 4) is 28.4 Å². The summed E-state index contributed by atoms with van der Waals surface area (Å²) in [5.41, 5.74) is 1.17. The van der Waals surface area contributed by atoms with Crippen LogP contribution in [0.15, 0.2) is 30.3 Å². The van der Waals surface area contributed by atoms with Crippen LogP contribution < -0.4 is 14.2 Å². The molecule has 0 spiro atoms. The Bertz CT molecular complexity index is 813. The van der Waals surface area contributed by atoms with Crippen LogP contribution in [0.1, 0.15) is 11.9 Å². The van der Waals surface area contributed by atoms with Crippen molar-refractivity contribution in [2.75, 3.05) is 27.1 Å². The number of fused-ring (bicyclic) bond motifs is 1. The number of benzene rings is 2. The van der Waals surface area contributed by atoms with Crippen molar-refractivity contribution < 1.29 is 28.6 Å². The summed E-state index contributed by atoms with van der Waals surface area (Å²) in [6.45, 7) is 0.772. The fraction of sp³-hybridized carbons (Fsp3) is 0.294. The summed E-state index contributed by atoms with van der Waals surface area (Å²) >= 11 is 0. The molecule has 0 radical (unpaired) electrons. The highest BCUT2D eigenvalue weighted by Gasteiger charge is 2.36. The fourth-order valence-corrected chi connectivity index (χ4v) is 2.99. The molecule has 2 aromatic carbocycles. The van der Waals surface area contributed by atoms with Gasteiger partial charge in [-0.05, 0) is 23.8 Å². The predicted molar refractivity (Wildman–Crippen MR) is 85.9 cm³/mol. The number of nitro groups is 1. The van der Waals surface area contributed by atoms with Gasteiger partial charge in [0.25, 0.3) is 5.69 Å². The number of hydrogen-bond donors (Lipinski definition) is 0. The van der Waals surface area contributed by atoms with Crippen LogP contribution >= 0.6 is 0 Å². The zero-order valence-corrected chi connectivity index (χ0v) is 13.4. The van der Waals surface area contributed by atoms with Gasteiger partial charge in [-0.3, -0.25) is 10.1 Å². The first-order chi connectivity index (χ1) is 12.2. The largest absolute Gasteiger partial charge is 0.497 e. The highest BCUT2D eigenvalue weighted by molar-refractivity contribution is 5.85. The van der Waals surface area contributed by atoms with Gasteiger partial charge in [0, 0.05) is 0 Å². The van der Waals surface area contributed by atoms with E-state index >= 15 is 0 Å². The molecule has 0 atom stereocenters. The molecule has 1 fully saturated rings. The monoisotopic (exact) mass is 345 g/mol. The predicted octanol–water partition coefficient (Wildman–Crippen LogP) is 3.04. The Kier molecular flexibility index (Phi) is 3.90. The van der Waals surface area contributed by atoms with E-state index in [1.807, 2.05) is 0 Å². The molecule has 0 amide bonds. The number of methoxy groups -OCH3 is 1. The zero-order chi connectivity index (χ0) is 17.4. The van der Waals surface area contributed by atoms with Crippen LogP contribution in [0.5, 0.6) is 17.2 Å². The number of ether oxygens (including phenoxy) is 5. The van der Waals surface area contributed by atoms with E-state index in [0.717, 1.165) is 0 Å². The summed E-state index contributed by atoms with van der Waals surface area (Å²) in [4.78, 5) is 11.4. The third kappa shape index (κ3) is 2.65. The lowest BCUT2D eigenvalue weighted by Crippen LogP contribution is -2.05. The molecule has 0 aliphatic carbocycles. The van der Waals surface area contributed by atoms with Crippen LogP contribution in [0, 0.1) is 10.1 Å². The van der Waals surface area contributed by atoms with Gasteiger partial charge in [-0.2, -0.15) is 0 Å². The quantitative estimate of drug-likeness (QED) is 0.621. The van der Waals surface area contributed by atoms with E-state index in [9.17, 15) is 10.1 Å². The van der Waals surface area contributed by atoms with Crippen molar-refractivity contribution in [2.45, 2.75) is 6.29 Å². The highest BCUT2D eigenvalue weighted by atomic mass is 16.7. The molecular formula is C17H15NO7. The lowest BCUT2D eigenvalue weighted by molar-refractivity contribution is -0.386. The van der Waals surface area contributed by atoms with Crippen molar-refractivity contribution in [3.63, 3.8) is 0 Å². The Morgan fingerprint density at radius 2 is 1.88 bits per heavy atom. The minimum atomic E-state index is -0.799. The van der Waals surface area contributed by atoms with Gasteiger partial charge in [0.05, 0.1) is 30.8 Å². The van der Waals surface area contributed by atoms with Crippen LogP contribution in [0.4, 0.5) is 5.69 Å². The topological polar surface area (TPSA) is 89.3 Å². The van der Waals surface area contributed by atoms with Crippen LogP contribution in [-0.2, 0) is 9.47 Å². The number of nitro benzene ring substituents is 1. The van der Waals surface area contributed by atoms with Gasteiger partial charge in [-0.25, -0.2) is 0 Å². The fourth-order valence-electron chi connectivity index (χ4n) is 2.99. The van der Waals surface area contributed by atoms with Gasteiger partial charge in [0.1, 0.15) is 11.3 Å². The molecule has 2 heterocycles. The van der Waals surface area contributed by atoms with E-state index in [2.05, 4.69) is 0 Å². The summed E-state index contributed by atoms with van der Waals surface area (Å²) in [5.74, 6) is 1.43. The van der Waals surface area contributed by atoms with E-state index in [1.54, 1.807) is 37.4 Å². The minimum Gasteiger partial charge on any atom is -0.497 e. The lowest BCUT2D eigenvalue weighted by Gasteiger charge is -2.15. The van der Waals surface area contributed by atoms with Crippen LogP contribution in [0.2, 0.25) is 0 Å². The minimum absolute atomic E-state index is 0.00543. The summed E-state index contributed by atoms with van der Waals surface area (Å²) in [6, 6.07) is 8.50. The van der Waals surface area contributed by atoms with Crippen molar-refractivity contribution in [2.24, 2.45) is 0 Å². The SMILES string of the molecule is COc1ccc(-c2c3c(cc(C4OCCO4)c2[N+](=O)[O-])OCO3)cc1. The van der Waals surface area contributed by atoms with Gasteiger partial charge < -0.3 is 23.7 Å². The molecule has 8 heteroatoms. The smallest absolute Gasteiger partial charge is 0.289 e. The van der Waals surface area contributed by atoms with Gasteiger partial charge >= 0.3 is 0 Å². The Morgan fingerprint density at radius 3 is 2.52 bits per heavy atom. The Balaban J connectivity index is 1.95. The lowest BCUT2D eigenvalue weighted by atomic mass is 9.97. The van der Waals surface area contributed by atoms with E-state index in [0.29, 0.717) is 47.2 Å². The number of rotatable bonds is 4. The van der Waals surface area contributed by atoms with E-state index in [4.69, 9.17) is 23.7 Å². The number of nitrogens with zero attached hydrogens (tertiary/aromatic N) is 1. The summed E-state index contributed by atoms with van der Waals surface area (Å²) < 4.78 is 27.1. The molecule has 0 unspecified atom stereocenters. The summed E-state index contributed by atoms with van der Waals surface area (Å²) in [5, 5.41) is 11.9. The maximum absolute atomic E-state index is 11.9. The average Bonchev–Trinajstić information content (AvgIpc) is 3.31. The van der Waals surface area contributed by atoms with Crippen LogP contribution in [0.25, 0.3) is 11.1 Å². The Hall–Kier alpha value is -2.84. The van der Waals surface area contributed by atoms with Crippen molar-refractivity contribution in [1.82, 2.24) is 0 Å². The maximum atomic E-state index is 11.9. The normalized spacial score (nSPS) is 16.2. The van der Waals surface area contributed by atoms with E-state index < -0.39 is 11.2 Å². The zero-order valence-electron chi connectivity index (χ0n) is 13.4. The second-order valence-electron chi connectivity index (χ2n) is 5.48. The first-order valence-corrected chi connectivity index (χ1v) is 7.67. The van der Waals surface area contributed by atoms with E-state index in [1.165, 1.54) is 0 Å². The molecule has 1 saturated heterocycles. The van der Waals surface area contributed by atoms with Crippen molar-refractivity contribution >= 4 is 5.69 Å². The third-order valence-electron chi connectivity index (χ3n) is 4.10. The van der Waals surface area contributed by atoms with Gasteiger partial charge in [-0.15, -0.1) is 0 Å². The first-order valence-electron chi connectivity index (χ1n) is 7.67. The second-order valence-corrected chi connectivity index (χ2v) is 5.48. The standard InChI is InChI=1S/C17H15NO7/c1-21-11-4-2-10(3-5-11)14-15(18(19)20)12(17-22-6-7-23-17)8-13-16(14)25-9-24-13/h2-5,8,17H,6-7,9H2,1H3. The Labute approximate surface area is 143 Å². The number of hydrogen-bond acceptors (Lipinski definition) is 7. The molecule has 130 valence electrons. The molecule has 4 rings (SSSR count). The molecular weight excluding hydrogens is 330 g/mol. The third-order valence-corrected chi connectivity index (χ3v) is 4.10. The molecule has 0 N–H and O–H groups in total.